The first-order valence-corrected chi connectivity index (χ1v) is 8.45. The van der Waals surface area contributed by atoms with Gasteiger partial charge in [-0.05, 0) is 56.0 Å². The van der Waals surface area contributed by atoms with Crippen LogP contribution in [0.15, 0.2) is 24.3 Å². The maximum absolute atomic E-state index is 13.0. The summed E-state index contributed by atoms with van der Waals surface area (Å²) in [5, 5.41) is 6.18. The number of carbonyl (C=O) groups is 1. The fourth-order valence-electron chi connectivity index (χ4n) is 3.06. The number of hydrogen-bond acceptors (Lipinski definition) is 2. The molecule has 1 aromatic rings. The Kier molecular flexibility index (Phi) is 6.27. The molecule has 0 aliphatic carbocycles. The standard InChI is InChI=1S/C18H25F3N2O/c1-12(2)10-16(23-17(24)13-6-8-22-9-7-13)14-4-3-5-15(11-14)18(19,20)21/h3-5,11-13,16,22H,6-10H2,1-2H3,(H,23,24). The first kappa shape index (κ1) is 18.8. The smallest absolute Gasteiger partial charge is 0.349 e. The largest absolute Gasteiger partial charge is 0.416 e. The molecule has 1 heterocycles. The maximum atomic E-state index is 13.0. The van der Waals surface area contributed by atoms with Crippen molar-refractivity contribution in [1.29, 1.82) is 0 Å². The van der Waals surface area contributed by atoms with Crippen LogP contribution in [0, 0.1) is 11.8 Å². The van der Waals surface area contributed by atoms with E-state index in [0.717, 1.165) is 38.1 Å². The number of alkyl halides is 3. The number of halogens is 3. The van der Waals surface area contributed by atoms with Crippen LogP contribution in [0.2, 0.25) is 0 Å². The van der Waals surface area contributed by atoms with Crippen LogP contribution in [0.3, 0.4) is 0 Å². The van der Waals surface area contributed by atoms with E-state index in [1.54, 1.807) is 6.07 Å². The van der Waals surface area contributed by atoms with Gasteiger partial charge in [0.1, 0.15) is 0 Å². The number of piperidine rings is 1. The third-order valence-electron chi connectivity index (χ3n) is 4.35. The zero-order valence-electron chi connectivity index (χ0n) is 14.1. The predicted octanol–water partition coefficient (Wildman–Crippen LogP) is 3.91. The molecule has 0 bridgehead atoms. The molecule has 2 rings (SSSR count). The Morgan fingerprint density at radius 1 is 1.29 bits per heavy atom. The van der Waals surface area contributed by atoms with Gasteiger partial charge in [-0.1, -0.05) is 26.0 Å². The lowest BCUT2D eigenvalue weighted by Crippen LogP contribution is -2.40. The SMILES string of the molecule is CC(C)CC(NC(=O)C1CCNCC1)c1cccc(C(F)(F)F)c1. The molecule has 1 saturated heterocycles. The molecule has 2 N–H and O–H groups in total. The molecule has 1 aliphatic heterocycles. The summed E-state index contributed by atoms with van der Waals surface area (Å²) in [5.74, 6) is 0.143. The topological polar surface area (TPSA) is 41.1 Å². The Labute approximate surface area is 141 Å². The van der Waals surface area contributed by atoms with E-state index in [1.165, 1.54) is 6.07 Å². The quantitative estimate of drug-likeness (QED) is 0.852. The maximum Gasteiger partial charge on any atom is 0.416 e. The van der Waals surface area contributed by atoms with E-state index in [-0.39, 0.29) is 17.7 Å². The van der Waals surface area contributed by atoms with E-state index in [0.29, 0.717) is 12.0 Å². The average molecular weight is 342 g/mol. The average Bonchev–Trinajstić information content (AvgIpc) is 2.54. The molecule has 0 saturated carbocycles. The van der Waals surface area contributed by atoms with E-state index < -0.39 is 17.8 Å². The van der Waals surface area contributed by atoms with Gasteiger partial charge in [-0.2, -0.15) is 13.2 Å². The minimum atomic E-state index is -4.38. The number of amides is 1. The number of rotatable bonds is 5. The molecule has 134 valence electrons. The molecular weight excluding hydrogens is 317 g/mol. The Morgan fingerprint density at radius 3 is 2.54 bits per heavy atom. The second kappa shape index (κ2) is 8.01. The Balaban J connectivity index is 2.17. The second-order valence-electron chi connectivity index (χ2n) is 6.84. The normalized spacial score (nSPS) is 17.8. The predicted molar refractivity (Wildman–Crippen MR) is 87.4 cm³/mol. The fraction of sp³-hybridized carbons (Fsp3) is 0.611. The van der Waals surface area contributed by atoms with Gasteiger partial charge < -0.3 is 10.6 Å². The van der Waals surface area contributed by atoms with E-state index in [9.17, 15) is 18.0 Å². The molecule has 1 atom stereocenters. The fourth-order valence-corrected chi connectivity index (χ4v) is 3.06. The van der Waals surface area contributed by atoms with Gasteiger partial charge >= 0.3 is 6.18 Å². The molecule has 6 heteroatoms. The highest BCUT2D eigenvalue weighted by molar-refractivity contribution is 5.79. The Morgan fingerprint density at radius 2 is 1.96 bits per heavy atom. The van der Waals surface area contributed by atoms with Gasteiger partial charge in [0.15, 0.2) is 0 Å². The minimum absolute atomic E-state index is 0.0560. The monoisotopic (exact) mass is 342 g/mol. The molecule has 1 amide bonds. The summed E-state index contributed by atoms with van der Waals surface area (Å²) in [7, 11) is 0. The Hall–Kier alpha value is -1.56. The molecule has 1 unspecified atom stereocenters. The highest BCUT2D eigenvalue weighted by Gasteiger charge is 2.31. The van der Waals surface area contributed by atoms with Crippen LogP contribution >= 0.6 is 0 Å². The molecule has 0 radical (unpaired) electrons. The summed E-state index contributed by atoms with van der Waals surface area (Å²) >= 11 is 0. The molecule has 0 aromatic heterocycles. The lowest BCUT2D eigenvalue weighted by Gasteiger charge is -2.27. The van der Waals surface area contributed by atoms with Crippen LogP contribution in [-0.2, 0) is 11.0 Å². The van der Waals surface area contributed by atoms with E-state index in [1.807, 2.05) is 13.8 Å². The van der Waals surface area contributed by atoms with Crippen molar-refractivity contribution in [3.05, 3.63) is 35.4 Å². The van der Waals surface area contributed by atoms with Gasteiger partial charge in [0.2, 0.25) is 5.91 Å². The highest BCUT2D eigenvalue weighted by Crippen LogP contribution is 2.32. The summed E-state index contributed by atoms with van der Waals surface area (Å²) in [6.07, 6.45) is -2.24. The number of benzene rings is 1. The zero-order valence-corrected chi connectivity index (χ0v) is 14.1. The van der Waals surface area contributed by atoms with Crippen molar-refractivity contribution in [2.24, 2.45) is 11.8 Å². The van der Waals surface area contributed by atoms with Gasteiger partial charge in [0.05, 0.1) is 11.6 Å². The van der Waals surface area contributed by atoms with Gasteiger partial charge in [0, 0.05) is 5.92 Å². The molecule has 1 aromatic carbocycles. The van der Waals surface area contributed by atoms with Crippen LogP contribution in [0.25, 0.3) is 0 Å². The lowest BCUT2D eigenvalue weighted by atomic mass is 9.93. The van der Waals surface area contributed by atoms with Crippen LogP contribution in [0.4, 0.5) is 13.2 Å². The van der Waals surface area contributed by atoms with Crippen molar-refractivity contribution >= 4 is 5.91 Å². The highest BCUT2D eigenvalue weighted by atomic mass is 19.4. The first-order chi connectivity index (χ1) is 11.3. The molecular formula is C18H25F3N2O. The molecule has 1 aliphatic rings. The van der Waals surface area contributed by atoms with Gasteiger partial charge in [0.25, 0.3) is 0 Å². The molecule has 0 spiro atoms. The zero-order chi connectivity index (χ0) is 17.7. The van der Waals surface area contributed by atoms with Crippen LogP contribution in [0.1, 0.15) is 50.3 Å². The molecule has 24 heavy (non-hydrogen) atoms. The van der Waals surface area contributed by atoms with Crippen molar-refractivity contribution in [2.45, 2.75) is 45.3 Å². The summed E-state index contributed by atoms with van der Waals surface area (Å²) in [4.78, 5) is 12.5. The van der Waals surface area contributed by atoms with Crippen LogP contribution < -0.4 is 10.6 Å². The Bertz CT molecular complexity index is 551. The van der Waals surface area contributed by atoms with Crippen molar-refractivity contribution < 1.29 is 18.0 Å². The van der Waals surface area contributed by atoms with E-state index in [2.05, 4.69) is 10.6 Å². The van der Waals surface area contributed by atoms with E-state index >= 15 is 0 Å². The third-order valence-corrected chi connectivity index (χ3v) is 4.35. The van der Waals surface area contributed by atoms with Gasteiger partial charge in [-0.15, -0.1) is 0 Å². The summed E-state index contributed by atoms with van der Waals surface area (Å²) in [6, 6.07) is 4.88. The molecule has 1 fully saturated rings. The van der Waals surface area contributed by atoms with E-state index in [4.69, 9.17) is 0 Å². The number of hydrogen-bond donors (Lipinski definition) is 2. The third kappa shape index (κ3) is 5.23. The van der Waals surface area contributed by atoms with Crippen molar-refractivity contribution in [1.82, 2.24) is 10.6 Å². The number of nitrogens with one attached hydrogen (secondary N) is 2. The van der Waals surface area contributed by atoms with Crippen molar-refractivity contribution in [3.8, 4) is 0 Å². The first-order valence-electron chi connectivity index (χ1n) is 8.45. The molecule has 3 nitrogen and oxygen atoms in total. The van der Waals surface area contributed by atoms with Crippen molar-refractivity contribution in [2.75, 3.05) is 13.1 Å². The number of carbonyl (C=O) groups excluding carboxylic acids is 1. The van der Waals surface area contributed by atoms with Crippen LogP contribution in [0.5, 0.6) is 0 Å². The minimum Gasteiger partial charge on any atom is -0.349 e. The van der Waals surface area contributed by atoms with Crippen molar-refractivity contribution in [3.63, 3.8) is 0 Å². The summed E-state index contributed by atoms with van der Waals surface area (Å²) < 4.78 is 38.9. The van der Waals surface area contributed by atoms with Gasteiger partial charge in [-0.3, -0.25) is 4.79 Å². The lowest BCUT2D eigenvalue weighted by molar-refractivity contribution is -0.137. The van der Waals surface area contributed by atoms with Gasteiger partial charge in [-0.25, -0.2) is 0 Å². The summed E-state index contributed by atoms with van der Waals surface area (Å²) in [6.45, 7) is 5.60. The van der Waals surface area contributed by atoms with Crippen LogP contribution in [-0.4, -0.2) is 19.0 Å². The second-order valence-corrected chi connectivity index (χ2v) is 6.84. The summed E-state index contributed by atoms with van der Waals surface area (Å²) in [5.41, 5.74) is -0.161.